The first kappa shape index (κ1) is 12.1. The summed E-state index contributed by atoms with van der Waals surface area (Å²) in [4.78, 5) is 23.2. The highest BCUT2D eigenvalue weighted by Crippen LogP contribution is 2.17. The van der Waals surface area contributed by atoms with Gasteiger partial charge in [-0.1, -0.05) is 0 Å². The van der Waals surface area contributed by atoms with Gasteiger partial charge in [-0.15, -0.1) is 0 Å². The van der Waals surface area contributed by atoms with Crippen LogP contribution in [0.1, 0.15) is 0 Å². The van der Waals surface area contributed by atoms with E-state index in [2.05, 4.69) is 9.71 Å². The van der Waals surface area contributed by atoms with Crippen LogP contribution in [0, 0.1) is 15.5 Å². The van der Waals surface area contributed by atoms with Gasteiger partial charge in [-0.3, -0.25) is 10.1 Å². The van der Waals surface area contributed by atoms with E-state index in [1.54, 1.807) is 0 Å². The molecule has 0 unspecified atom stereocenters. The number of hydrogen-bond acceptors (Lipinski definition) is 6. The summed E-state index contributed by atoms with van der Waals surface area (Å²) in [6.07, 6.45) is 0.494. The van der Waals surface area contributed by atoms with Gasteiger partial charge in [0, 0.05) is 12.1 Å². The highest BCUT2D eigenvalue weighted by molar-refractivity contribution is 5.87. The average molecular weight is 236 g/mol. The lowest BCUT2D eigenvalue weighted by Gasteiger charge is -2.00. The Bertz CT molecular complexity index is 514. The third-order valence-corrected chi connectivity index (χ3v) is 1.65. The molecule has 0 atom stereocenters. The second-order valence-corrected chi connectivity index (χ2v) is 2.77. The molecule has 0 amide bonds. The number of rotatable bonds is 3. The topological polar surface area (TPSA) is 118 Å². The van der Waals surface area contributed by atoms with Gasteiger partial charge in [0.25, 0.3) is 11.4 Å². The Balaban J connectivity index is 2.77. The number of ether oxygens (including phenoxy) is 1. The zero-order valence-electron chi connectivity index (χ0n) is 8.31. The van der Waals surface area contributed by atoms with Crippen molar-refractivity contribution >= 4 is 11.7 Å². The number of aliphatic hydroxyl groups is 1. The van der Waals surface area contributed by atoms with Crippen LogP contribution in [0.25, 0.3) is 4.98 Å². The van der Waals surface area contributed by atoms with Crippen LogP contribution in [0.15, 0.2) is 36.2 Å². The summed E-state index contributed by atoms with van der Waals surface area (Å²) >= 11 is 0. The maximum atomic E-state index is 11.1. The Hall–Kier alpha value is -2.95. The summed E-state index contributed by atoms with van der Waals surface area (Å²) in [5.41, 5.74) is -0.157. The molecule has 0 radical (unpaired) electrons. The van der Waals surface area contributed by atoms with Gasteiger partial charge in [-0.05, 0) is 12.1 Å². The minimum absolute atomic E-state index is 0.0125. The van der Waals surface area contributed by atoms with Crippen LogP contribution in [-0.2, 0) is 4.79 Å². The molecule has 0 aromatic heterocycles. The first-order chi connectivity index (χ1) is 8.04. The van der Waals surface area contributed by atoms with Crippen molar-refractivity contribution in [1.82, 2.24) is 0 Å². The quantitative estimate of drug-likeness (QED) is 0.162. The summed E-state index contributed by atoms with van der Waals surface area (Å²) in [6.45, 7) is 0. The van der Waals surface area contributed by atoms with Gasteiger partial charge < -0.3 is 9.84 Å². The number of carbonyl (C=O) groups excluding carboxylic acids is 1. The molecule has 0 bridgehead atoms. The molecule has 0 heterocycles. The second kappa shape index (κ2) is 5.22. The molecule has 1 aromatic carbocycles. The summed E-state index contributed by atoms with van der Waals surface area (Å²) in [7, 11) is 0. The number of aliphatic hydroxyl groups excluding tert-OH is 1. The molecule has 1 aromatic rings. The van der Waals surface area contributed by atoms with Gasteiger partial charge in [-0.2, -0.15) is 0 Å². The number of benzene rings is 1. The van der Waals surface area contributed by atoms with E-state index < -0.39 is 16.7 Å². The normalized spacial score (nSPS) is 10.4. The van der Waals surface area contributed by atoms with Gasteiger partial charge in [0.05, 0.1) is 4.92 Å². The lowest BCUT2D eigenvalue weighted by molar-refractivity contribution is -0.384. The fraction of sp³-hybridized carbons (Fsp3) is 0. The molecule has 0 fully saturated rings. The van der Waals surface area contributed by atoms with Crippen LogP contribution in [0.5, 0.6) is 5.75 Å². The van der Waals surface area contributed by atoms with E-state index in [1.807, 2.05) is 0 Å². The Morgan fingerprint density at radius 1 is 1.47 bits per heavy atom. The first-order valence-electron chi connectivity index (χ1n) is 4.24. The molecule has 0 aliphatic heterocycles. The smallest absolute Gasteiger partial charge is 0.399 e. The fourth-order valence-corrected chi connectivity index (χ4v) is 0.903. The Morgan fingerprint density at radius 3 is 2.53 bits per heavy atom. The average Bonchev–Trinajstić information content (AvgIpc) is 2.30. The first-order valence-corrected chi connectivity index (χ1v) is 4.24. The third-order valence-electron chi connectivity index (χ3n) is 1.65. The predicted molar refractivity (Wildman–Crippen MR) is 54.5 cm³/mol. The predicted octanol–water partition coefficient (Wildman–Crippen LogP) is 1.75. The Kier molecular flexibility index (Phi) is 3.72. The summed E-state index contributed by atoms with van der Waals surface area (Å²) in [6, 6.07) is 4.67. The van der Waals surface area contributed by atoms with Crippen molar-refractivity contribution in [2.45, 2.75) is 0 Å². The molecule has 0 saturated carbocycles. The van der Waals surface area contributed by atoms with Crippen molar-refractivity contribution in [2.75, 3.05) is 0 Å². The minimum Gasteiger partial charge on any atom is -0.497 e. The number of nitro benzene ring substituents is 1. The van der Waals surface area contributed by atoms with E-state index in [1.165, 1.54) is 12.1 Å². The van der Waals surface area contributed by atoms with Crippen molar-refractivity contribution in [3.63, 3.8) is 0 Å². The van der Waals surface area contributed by atoms with Gasteiger partial charge in [0.1, 0.15) is 5.75 Å². The number of nitrogens with zero attached hydrogens (tertiary/aromatic N) is 3. The number of nitro groups is 1. The van der Waals surface area contributed by atoms with Crippen LogP contribution < -0.4 is 4.74 Å². The van der Waals surface area contributed by atoms with Crippen molar-refractivity contribution < 1.29 is 19.6 Å². The molecule has 0 aliphatic rings. The van der Waals surface area contributed by atoms with E-state index in [0.29, 0.717) is 6.20 Å². The fourth-order valence-electron chi connectivity index (χ4n) is 0.903. The van der Waals surface area contributed by atoms with Crippen molar-refractivity contribution in [2.24, 2.45) is 0 Å². The standard InChI is InChI=1S/C9H5N3O5/c10-11-5-8(13)9(14)17-7-3-1-6(2-4-7)12(15)16/h1-5H/p+1/b8-5+. The summed E-state index contributed by atoms with van der Waals surface area (Å²) in [5.74, 6) is -2.03. The van der Waals surface area contributed by atoms with Crippen molar-refractivity contribution in [3.8, 4) is 5.75 Å². The largest absolute Gasteiger partial charge is 0.497 e. The Labute approximate surface area is 94.5 Å². The monoisotopic (exact) mass is 236 g/mol. The zero-order chi connectivity index (χ0) is 12.8. The molecule has 86 valence electrons. The van der Waals surface area contributed by atoms with Crippen LogP contribution in [0.2, 0.25) is 0 Å². The minimum atomic E-state index is -1.14. The lowest BCUT2D eigenvalue weighted by atomic mass is 10.3. The number of diazo groups is 1. The summed E-state index contributed by atoms with van der Waals surface area (Å²) < 4.78 is 4.61. The van der Waals surface area contributed by atoms with Gasteiger partial charge >= 0.3 is 12.2 Å². The van der Waals surface area contributed by atoms with Gasteiger partial charge in [-0.25, -0.2) is 4.79 Å². The molecule has 8 nitrogen and oxygen atoms in total. The van der Waals surface area contributed by atoms with Crippen LogP contribution in [0.3, 0.4) is 0 Å². The SMILES string of the molecule is N#[N+]/C=C(/O)C(=O)Oc1ccc([N+](=O)[O-])cc1. The lowest BCUT2D eigenvalue weighted by Crippen LogP contribution is -2.10. The summed E-state index contributed by atoms with van der Waals surface area (Å²) in [5, 5.41) is 27.3. The number of hydrogen-bond donors (Lipinski definition) is 1. The molecule has 1 rings (SSSR count). The van der Waals surface area contributed by atoms with E-state index in [0.717, 1.165) is 12.1 Å². The van der Waals surface area contributed by atoms with Crippen molar-refractivity contribution in [1.29, 1.82) is 5.39 Å². The molecule has 1 N–H and O–H groups in total. The molecule has 0 saturated heterocycles. The van der Waals surface area contributed by atoms with Gasteiger partial charge in [0.15, 0.2) is 4.98 Å². The molecule has 17 heavy (non-hydrogen) atoms. The maximum absolute atomic E-state index is 11.1. The molecular weight excluding hydrogens is 230 g/mol. The number of non-ortho nitro benzene ring substituents is 1. The molecule has 8 heteroatoms. The highest BCUT2D eigenvalue weighted by Gasteiger charge is 2.15. The highest BCUT2D eigenvalue weighted by atomic mass is 16.6. The van der Waals surface area contributed by atoms with E-state index in [9.17, 15) is 14.9 Å². The van der Waals surface area contributed by atoms with Gasteiger partial charge in [0.2, 0.25) is 5.39 Å². The number of esters is 1. The Morgan fingerprint density at radius 2 is 2.06 bits per heavy atom. The number of carbonyl (C=O) groups is 1. The second-order valence-electron chi connectivity index (χ2n) is 2.77. The van der Waals surface area contributed by atoms with Crippen LogP contribution in [0.4, 0.5) is 5.69 Å². The molecule has 0 aliphatic carbocycles. The molecular formula is C9H6N3O5+. The third kappa shape index (κ3) is 3.28. The molecule has 0 spiro atoms. The van der Waals surface area contributed by atoms with E-state index in [4.69, 9.17) is 10.5 Å². The van der Waals surface area contributed by atoms with E-state index in [-0.39, 0.29) is 11.4 Å². The maximum Gasteiger partial charge on any atom is 0.399 e. The zero-order valence-corrected chi connectivity index (χ0v) is 8.31. The van der Waals surface area contributed by atoms with Crippen LogP contribution >= 0.6 is 0 Å². The van der Waals surface area contributed by atoms with Crippen molar-refractivity contribution in [3.05, 3.63) is 51.3 Å². The van der Waals surface area contributed by atoms with E-state index >= 15 is 0 Å². The van der Waals surface area contributed by atoms with Crippen LogP contribution in [-0.4, -0.2) is 16.0 Å².